The first-order chi connectivity index (χ1) is 8.66. The van der Waals surface area contributed by atoms with E-state index < -0.39 is 11.6 Å². The normalized spacial score (nSPS) is 9.44. The SMILES string of the molecule is O=C(C#Cc1ccc(Cl)cc1)c1ccccc1F. The smallest absolute Gasteiger partial charge is 0.239 e. The summed E-state index contributed by atoms with van der Waals surface area (Å²) in [5.41, 5.74) is 0.642. The van der Waals surface area contributed by atoms with Gasteiger partial charge in [-0.1, -0.05) is 29.7 Å². The maximum atomic E-state index is 13.3. The molecule has 0 radical (unpaired) electrons. The maximum absolute atomic E-state index is 13.3. The van der Waals surface area contributed by atoms with Crippen LogP contribution in [0.2, 0.25) is 5.02 Å². The lowest BCUT2D eigenvalue weighted by Crippen LogP contribution is -1.98. The van der Waals surface area contributed by atoms with E-state index in [1.54, 1.807) is 30.3 Å². The van der Waals surface area contributed by atoms with Crippen LogP contribution >= 0.6 is 11.6 Å². The molecular formula is C15H8ClFO. The van der Waals surface area contributed by atoms with E-state index in [2.05, 4.69) is 11.8 Å². The average Bonchev–Trinajstić information content (AvgIpc) is 2.38. The lowest BCUT2D eigenvalue weighted by Gasteiger charge is -1.95. The Morgan fingerprint density at radius 3 is 2.39 bits per heavy atom. The molecule has 1 nitrogen and oxygen atoms in total. The largest absolute Gasteiger partial charge is 0.279 e. The minimum atomic E-state index is -0.562. The summed E-state index contributed by atoms with van der Waals surface area (Å²) in [6.07, 6.45) is 0. The molecule has 0 N–H and O–H groups in total. The first kappa shape index (κ1) is 12.3. The van der Waals surface area contributed by atoms with Gasteiger partial charge in [-0.25, -0.2) is 4.39 Å². The summed E-state index contributed by atoms with van der Waals surface area (Å²) in [6, 6.07) is 12.5. The van der Waals surface area contributed by atoms with Crippen molar-refractivity contribution in [2.75, 3.05) is 0 Å². The van der Waals surface area contributed by atoms with Crippen LogP contribution in [0.1, 0.15) is 15.9 Å². The van der Waals surface area contributed by atoms with Crippen molar-refractivity contribution in [2.24, 2.45) is 0 Å². The number of carbonyl (C=O) groups is 1. The molecular weight excluding hydrogens is 251 g/mol. The number of carbonyl (C=O) groups excluding carboxylic acids is 1. The minimum absolute atomic E-state index is 0.0148. The van der Waals surface area contributed by atoms with Gasteiger partial charge >= 0.3 is 0 Å². The van der Waals surface area contributed by atoms with Crippen LogP contribution in [0.3, 0.4) is 0 Å². The Hall–Kier alpha value is -2.11. The number of ketones is 1. The van der Waals surface area contributed by atoms with Gasteiger partial charge in [-0.15, -0.1) is 0 Å². The molecule has 88 valence electrons. The predicted octanol–water partition coefficient (Wildman–Crippen LogP) is 3.71. The van der Waals surface area contributed by atoms with Crippen molar-refractivity contribution in [3.63, 3.8) is 0 Å². The zero-order valence-electron chi connectivity index (χ0n) is 9.28. The highest BCUT2D eigenvalue weighted by Crippen LogP contribution is 2.09. The van der Waals surface area contributed by atoms with E-state index in [1.807, 2.05) is 0 Å². The van der Waals surface area contributed by atoms with Gasteiger partial charge in [-0.05, 0) is 42.3 Å². The molecule has 2 aromatic rings. The van der Waals surface area contributed by atoms with Crippen molar-refractivity contribution in [3.8, 4) is 11.8 Å². The van der Waals surface area contributed by atoms with E-state index in [-0.39, 0.29) is 5.56 Å². The van der Waals surface area contributed by atoms with Crippen molar-refractivity contribution >= 4 is 17.4 Å². The molecule has 0 saturated heterocycles. The summed E-state index contributed by atoms with van der Waals surface area (Å²) in [5.74, 6) is 3.98. The van der Waals surface area contributed by atoms with Crippen molar-refractivity contribution in [2.45, 2.75) is 0 Å². The van der Waals surface area contributed by atoms with E-state index in [0.717, 1.165) is 0 Å². The maximum Gasteiger partial charge on any atom is 0.239 e. The fourth-order valence-electron chi connectivity index (χ4n) is 1.37. The van der Waals surface area contributed by atoms with Crippen molar-refractivity contribution in [3.05, 3.63) is 70.5 Å². The Bertz CT molecular complexity index is 636. The molecule has 0 bridgehead atoms. The van der Waals surface area contributed by atoms with Crippen molar-refractivity contribution in [1.82, 2.24) is 0 Å². The predicted molar refractivity (Wildman–Crippen MR) is 69.1 cm³/mol. The highest BCUT2D eigenvalue weighted by molar-refractivity contribution is 6.30. The van der Waals surface area contributed by atoms with Crippen molar-refractivity contribution in [1.29, 1.82) is 0 Å². The van der Waals surface area contributed by atoms with E-state index in [0.29, 0.717) is 10.6 Å². The molecule has 0 aliphatic carbocycles. The molecule has 2 rings (SSSR count). The first-order valence-electron chi connectivity index (χ1n) is 5.23. The molecule has 0 spiro atoms. The van der Waals surface area contributed by atoms with Gasteiger partial charge in [0.2, 0.25) is 5.78 Å². The molecule has 18 heavy (non-hydrogen) atoms. The van der Waals surface area contributed by atoms with E-state index in [9.17, 15) is 9.18 Å². The molecule has 0 aliphatic rings. The molecule has 2 aromatic carbocycles. The van der Waals surface area contributed by atoms with E-state index in [4.69, 9.17) is 11.6 Å². The monoisotopic (exact) mass is 258 g/mol. The molecule has 0 unspecified atom stereocenters. The van der Waals surface area contributed by atoms with Crippen LogP contribution in [0, 0.1) is 17.7 Å². The van der Waals surface area contributed by atoms with Gasteiger partial charge in [0.05, 0.1) is 5.56 Å². The number of hydrogen-bond acceptors (Lipinski definition) is 1. The zero-order chi connectivity index (χ0) is 13.0. The summed E-state index contributed by atoms with van der Waals surface area (Å²) in [5, 5.41) is 0.598. The second-order valence-electron chi connectivity index (χ2n) is 3.57. The van der Waals surface area contributed by atoms with Crippen molar-refractivity contribution < 1.29 is 9.18 Å². The Morgan fingerprint density at radius 2 is 1.72 bits per heavy atom. The standard InChI is InChI=1S/C15H8ClFO/c16-12-8-5-11(6-9-12)7-10-15(18)13-3-1-2-4-14(13)17/h1-6,8-9H. The van der Waals surface area contributed by atoms with E-state index in [1.165, 1.54) is 18.2 Å². The summed E-state index contributed by atoms with van der Waals surface area (Å²) < 4.78 is 13.3. The fraction of sp³-hybridized carbons (Fsp3) is 0. The topological polar surface area (TPSA) is 17.1 Å². The highest BCUT2D eigenvalue weighted by Gasteiger charge is 2.07. The summed E-state index contributed by atoms with van der Waals surface area (Å²) in [4.78, 5) is 11.7. The third-order valence-corrected chi connectivity index (χ3v) is 2.54. The van der Waals surface area contributed by atoms with Crippen LogP contribution < -0.4 is 0 Å². The number of halogens is 2. The minimum Gasteiger partial charge on any atom is -0.279 e. The quantitative estimate of drug-likeness (QED) is 0.563. The average molecular weight is 259 g/mol. The molecule has 0 heterocycles. The van der Waals surface area contributed by atoms with Crippen LogP contribution in [-0.2, 0) is 0 Å². The van der Waals surface area contributed by atoms with Gasteiger partial charge in [0.25, 0.3) is 0 Å². The van der Waals surface area contributed by atoms with Gasteiger partial charge in [-0.2, -0.15) is 0 Å². The lowest BCUT2D eigenvalue weighted by atomic mass is 10.1. The van der Waals surface area contributed by atoms with Gasteiger partial charge in [-0.3, -0.25) is 4.79 Å². The number of rotatable bonds is 1. The molecule has 0 saturated carbocycles. The van der Waals surface area contributed by atoms with Crippen LogP contribution in [0.4, 0.5) is 4.39 Å². The van der Waals surface area contributed by atoms with Crippen LogP contribution in [0.5, 0.6) is 0 Å². The second-order valence-corrected chi connectivity index (χ2v) is 4.00. The van der Waals surface area contributed by atoms with Crippen LogP contribution in [0.25, 0.3) is 0 Å². The number of hydrogen-bond donors (Lipinski definition) is 0. The Balaban J connectivity index is 2.23. The molecule has 0 aliphatic heterocycles. The summed E-state index contributed by atoms with van der Waals surface area (Å²) in [7, 11) is 0. The van der Waals surface area contributed by atoms with Gasteiger partial charge in [0, 0.05) is 10.6 Å². The Kier molecular flexibility index (Phi) is 3.76. The lowest BCUT2D eigenvalue weighted by molar-refractivity contribution is 0.105. The molecule has 0 amide bonds. The van der Waals surface area contributed by atoms with Gasteiger partial charge in [0.1, 0.15) is 5.82 Å². The molecule has 0 aromatic heterocycles. The summed E-state index contributed by atoms with van der Waals surface area (Å²) >= 11 is 5.73. The van der Waals surface area contributed by atoms with E-state index >= 15 is 0 Å². The zero-order valence-corrected chi connectivity index (χ0v) is 10.0. The highest BCUT2D eigenvalue weighted by atomic mass is 35.5. The number of benzene rings is 2. The van der Waals surface area contributed by atoms with Gasteiger partial charge in [0.15, 0.2) is 0 Å². The molecule has 0 fully saturated rings. The van der Waals surface area contributed by atoms with Crippen LogP contribution in [0.15, 0.2) is 48.5 Å². The second kappa shape index (κ2) is 5.48. The third kappa shape index (κ3) is 2.97. The number of Topliss-reactive ketones (excluding diaryl/α,β-unsaturated/α-hetero) is 1. The Labute approximate surface area is 109 Å². The molecule has 0 atom stereocenters. The van der Waals surface area contributed by atoms with Crippen LogP contribution in [-0.4, -0.2) is 5.78 Å². The third-order valence-electron chi connectivity index (χ3n) is 2.28. The Morgan fingerprint density at radius 1 is 1.06 bits per heavy atom. The van der Waals surface area contributed by atoms with Gasteiger partial charge < -0.3 is 0 Å². The first-order valence-corrected chi connectivity index (χ1v) is 5.61. The summed E-state index contributed by atoms with van der Waals surface area (Å²) in [6.45, 7) is 0. The molecule has 3 heteroatoms. The fourth-order valence-corrected chi connectivity index (χ4v) is 1.50.